The van der Waals surface area contributed by atoms with Gasteiger partial charge in [-0.2, -0.15) is 5.10 Å². The molecule has 0 N–H and O–H groups in total. The number of amides is 1. The van der Waals surface area contributed by atoms with Crippen molar-refractivity contribution in [1.82, 2.24) is 14.7 Å². The monoisotopic (exact) mass is 291 g/mol. The second-order valence-corrected chi connectivity index (χ2v) is 5.45. The van der Waals surface area contributed by atoms with Crippen molar-refractivity contribution in [2.75, 3.05) is 14.1 Å². The molecule has 2 aromatic rings. The number of benzene rings is 1. The average molecular weight is 292 g/mol. The van der Waals surface area contributed by atoms with Gasteiger partial charge in [0.1, 0.15) is 5.69 Å². The third kappa shape index (κ3) is 3.20. The lowest BCUT2D eigenvalue weighted by molar-refractivity contribution is -0.132. The molecule has 0 bridgehead atoms. The van der Waals surface area contributed by atoms with Crippen LogP contribution in [0.15, 0.2) is 36.5 Å². The predicted octanol–water partition coefficient (Wildman–Crippen LogP) is 2.93. The van der Waals surface area contributed by atoms with E-state index in [-0.39, 0.29) is 11.8 Å². The van der Waals surface area contributed by atoms with Gasteiger partial charge in [0.25, 0.3) is 0 Å². The van der Waals surface area contributed by atoms with Crippen LogP contribution >= 0.6 is 11.6 Å². The van der Waals surface area contributed by atoms with Gasteiger partial charge in [0.2, 0.25) is 5.91 Å². The molecule has 1 unspecified atom stereocenters. The molecule has 20 heavy (non-hydrogen) atoms. The lowest BCUT2D eigenvalue weighted by Crippen LogP contribution is -2.30. The Hall–Kier alpha value is -1.81. The van der Waals surface area contributed by atoms with E-state index in [4.69, 9.17) is 11.6 Å². The highest BCUT2D eigenvalue weighted by Gasteiger charge is 2.17. The van der Waals surface area contributed by atoms with Crippen molar-refractivity contribution < 1.29 is 4.79 Å². The number of aromatic nitrogens is 2. The second-order valence-electron chi connectivity index (χ2n) is 5.05. The molecule has 0 spiro atoms. The fraction of sp³-hybridized carbons (Fsp3) is 0.333. The molecular formula is C15H18ClN3O. The van der Waals surface area contributed by atoms with E-state index < -0.39 is 0 Å². The summed E-state index contributed by atoms with van der Waals surface area (Å²) in [5, 5.41) is 5.07. The van der Waals surface area contributed by atoms with Crippen LogP contribution in [-0.2, 0) is 11.3 Å². The van der Waals surface area contributed by atoms with Gasteiger partial charge in [-0.1, -0.05) is 48.9 Å². The van der Waals surface area contributed by atoms with Gasteiger partial charge < -0.3 is 4.90 Å². The van der Waals surface area contributed by atoms with Gasteiger partial charge in [-0.15, -0.1) is 0 Å². The van der Waals surface area contributed by atoms with Gasteiger partial charge >= 0.3 is 0 Å². The van der Waals surface area contributed by atoms with Crippen LogP contribution in [0, 0.1) is 5.92 Å². The summed E-state index contributed by atoms with van der Waals surface area (Å²) in [4.78, 5) is 13.5. The van der Waals surface area contributed by atoms with Crippen LogP contribution in [0.5, 0.6) is 0 Å². The SMILES string of the molecule is CC(Cn1cc(Cl)c(-c2ccccc2)n1)C(=O)N(C)C. The Morgan fingerprint density at radius 3 is 2.60 bits per heavy atom. The number of rotatable bonds is 4. The Morgan fingerprint density at radius 2 is 2.00 bits per heavy atom. The van der Waals surface area contributed by atoms with Gasteiger partial charge in [-0.25, -0.2) is 0 Å². The molecule has 1 atom stereocenters. The van der Waals surface area contributed by atoms with E-state index in [1.54, 1.807) is 29.9 Å². The van der Waals surface area contributed by atoms with E-state index in [0.717, 1.165) is 11.3 Å². The molecule has 1 heterocycles. The van der Waals surface area contributed by atoms with Crippen molar-refractivity contribution in [2.45, 2.75) is 13.5 Å². The maximum absolute atomic E-state index is 11.9. The van der Waals surface area contributed by atoms with Crippen molar-refractivity contribution in [1.29, 1.82) is 0 Å². The number of halogens is 1. The summed E-state index contributed by atoms with van der Waals surface area (Å²) in [6.45, 7) is 2.41. The Morgan fingerprint density at radius 1 is 1.35 bits per heavy atom. The maximum Gasteiger partial charge on any atom is 0.226 e. The summed E-state index contributed by atoms with van der Waals surface area (Å²) in [5.74, 6) is -0.0533. The van der Waals surface area contributed by atoms with Gasteiger partial charge in [0.15, 0.2) is 0 Å². The van der Waals surface area contributed by atoms with E-state index in [2.05, 4.69) is 5.10 Å². The van der Waals surface area contributed by atoms with Crippen LogP contribution in [0.3, 0.4) is 0 Å². The first kappa shape index (κ1) is 14.6. The lowest BCUT2D eigenvalue weighted by Gasteiger charge is -2.16. The van der Waals surface area contributed by atoms with Crippen LogP contribution in [0.1, 0.15) is 6.92 Å². The van der Waals surface area contributed by atoms with Crippen molar-refractivity contribution in [3.8, 4) is 11.3 Å². The predicted molar refractivity (Wildman–Crippen MR) is 80.5 cm³/mol. The summed E-state index contributed by atoms with van der Waals surface area (Å²) < 4.78 is 1.73. The van der Waals surface area contributed by atoms with E-state index in [9.17, 15) is 4.79 Å². The molecule has 0 radical (unpaired) electrons. The summed E-state index contributed by atoms with van der Waals surface area (Å²) in [6, 6.07) is 9.78. The van der Waals surface area contributed by atoms with Crippen molar-refractivity contribution in [2.24, 2.45) is 5.92 Å². The van der Waals surface area contributed by atoms with Crippen molar-refractivity contribution >= 4 is 17.5 Å². The zero-order valence-electron chi connectivity index (χ0n) is 11.9. The normalized spacial score (nSPS) is 12.2. The van der Waals surface area contributed by atoms with Crippen LogP contribution in [0.4, 0.5) is 0 Å². The molecule has 0 aliphatic heterocycles. The Kier molecular flexibility index (Phi) is 4.45. The zero-order chi connectivity index (χ0) is 14.7. The van der Waals surface area contributed by atoms with Crippen molar-refractivity contribution in [3.63, 3.8) is 0 Å². The molecule has 0 aliphatic rings. The first-order chi connectivity index (χ1) is 9.49. The van der Waals surface area contributed by atoms with Crippen LogP contribution in [0.25, 0.3) is 11.3 Å². The molecule has 4 nitrogen and oxygen atoms in total. The topological polar surface area (TPSA) is 38.1 Å². The number of carbonyl (C=O) groups is 1. The van der Waals surface area contributed by atoms with E-state index in [1.807, 2.05) is 37.3 Å². The maximum atomic E-state index is 11.9. The third-order valence-corrected chi connectivity index (χ3v) is 3.36. The highest BCUT2D eigenvalue weighted by molar-refractivity contribution is 6.33. The van der Waals surface area contributed by atoms with Gasteiger partial charge in [-0.05, 0) is 0 Å². The fourth-order valence-electron chi connectivity index (χ4n) is 2.08. The molecular weight excluding hydrogens is 274 g/mol. The fourth-order valence-corrected chi connectivity index (χ4v) is 2.34. The summed E-state index contributed by atoms with van der Waals surface area (Å²) >= 11 is 6.23. The molecule has 0 fully saturated rings. The molecule has 2 rings (SSSR count). The number of hydrogen-bond acceptors (Lipinski definition) is 2. The highest BCUT2D eigenvalue weighted by atomic mass is 35.5. The van der Waals surface area contributed by atoms with Gasteiger partial charge in [-0.3, -0.25) is 9.48 Å². The highest BCUT2D eigenvalue weighted by Crippen LogP contribution is 2.26. The molecule has 5 heteroatoms. The van der Waals surface area contributed by atoms with Crippen molar-refractivity contribution in [3.05, 3.63) is 41.6 Å². The molecule has 106 valence electrons. The van der Waals surface area contributed by atoms with E-state index in [1.165, 1.54) is 0 Å². The molecule has 1 aromatic heterocycles. The number of carbonyl (C=O) groups excluding carboxylic acids is 1. The minimum atomic E-state index is -0.135. The largest absolute Gasteiger partial charge is 0.349 e. The van der Waals surface area contributed by atoms with Crippen LogP contribution in [-0.4, -0.2) is 34.7 Å². The molecule has 1 amide bonds. The first-order valence-corrected chi connectivity index (χ1v) is 6.86. The lowest BCUT2D eigenvalue weighted by atomic mass is 10.1. The standard InChI is InChI=1S/C15H18ClN3O/c1-11(15(20)18(2)3)9-19-10-13(16)14(17-19)12-7-5-4-6-8-12/h4-8,10-11H,9H2,1-3H3. The second kappa shape index (κ2) is 6.09. The van der Waals surface area contributed by atoms with E-state index in [0.29, 0.717) is 11.6 Å². The minimum Gasteiger partial charge on any atom is -0.349 e. The smallest absolute Gasteiger partial charge is 0.226 e. The summed E-state index contributed by atoms with van der Waals surface area (Å²) in [7, 11) is 3.51. The van der Waals surface area contributed by atoms with E-state index >= 15 is 0 Å². The Balaban J connectivity index is 2.18. The molecule has 1 aromatic carbocycles. The quantitative estimate of drug-likeness (QED) is 0.869. The van der Waals surface area contributed by atoms with Gasteiger partial charge in [0.05, 0.1) is 17.5 Å². The Labute approximate surface area is 124 Å². The zero-order valence-corrected chi connectivity index (χ0v) is 12.6. The minimum absolute atomic E-state index is 0.0814. The molecule has 0 aliphatic carbocycles. The van der Waals surface area contributed by atoms with Crippen LogP contribution < -0.4 is 0 Å². The molecule has 0 saturated heterocycles. The van der Waals surface area contributed by atoms with Gasteiger partial charge in [0, 0.05) is 25.9 Å². The third-order valence-electron chi connectivity index (χ3n) is 3.09. The number of nitrogens with zero attached hydrogens (tertiary/aromatic N) is 3. The summed E-state index contributed by atoms with van der Waals surface area (Å²) in [6.07, 6.45) is 1.77. The Bertz CT molecular complexity index is 592. The molecule has 0 saturated carbocycles. The number of hydrogen-bond donors (Lipinski definition) is 0. The summed E-state index contributed by atoms with van der Waals surface area (Å²) in [5.41, 5.74) is 1.72. The average Bonchev–Trinajstić information content (AvgIpc) is 2.79. The first-order valence-electron chi connectivity index (χ1n) is 6.48. The van der Waals surface area contributed by atoms with Crippen LogP contribution in [0.2, 0.25) is 5.02 Å².